The molecule has 8 nitrogen and oxygen atoms in total. The van der Waals surface area contributed by atoms with Crippen molar-refractivity contribution < 1.29 is 9.26 Å². The molecule has 0 N–H and O–H groups in total. The lowest BCUT2D eigenvalue weighted by Gasteiger charge is -2.07. The van der Waals surface area contributed by atoms with Gasteiger partial charge < -0.3 is 9.26 Å². The van der Waals surface area contributed by atoms with Crippen LogP contribution in [-0.2, 0) is 4.74 Å². The molecule has 0 amide bonds. The van der Waals surface area contributed by atoms with Crippen LogP contribution in [-0.4, -0.2) is 43.3 Å². The molecular formula is C18H16N6O2. The van der Waals surface area contributed by atoms with Gasteiger partial charge in [-0.1, -0.05) is 22.5 Å². The number of nitrogens with zero attached hydrogens (tertiary/aromatic N) is 6. The first-order valence-corrected chi connectivity index (χ1v) is 8.48. The molecule has 1 fully saturated rings. The summed E-state index contributed by atoms with van der Waals surface area (Å²) in [6, 6.07) is 7.97. The van der Waals surface area contributed by atoms with Gasteiger partial charge in [0.15, 0.2) is 11.5 Å². The minimum Gasteiger partial charge on any atom is -0.381 e. The van der Waals surface area contributed by atoms with E-state index in [0.717, 1.165) is 35.2 Å². The molecule has 1 aliphatic rings. The molecule has 0 aliphatic carbocycles. The third-order valence-corrected chi connectivity index (χ3v) is 4.72. The number of aromatic nitrogens is 6. The van der Waals surface area contributed by atoms with Gasteiger partial charge in [0.05, 0.1) is 18.0 Å². The third-order valence-electron chi connectivity index (χ3n) is 4.72. The van der Waals surface area contributed by atoms with E-state index in [-0.39, 0.29) is 5.92 Å². The second kappa shape index (κ2) is 5.99. The number of ether oxygens (including phenoxy) is 1. The number of pyridine rings is 1. The second-order valence-corrected chi connectivity index (χ2v) is 6.33. The van der Waals surface area contributed by atoms with E-state index < -0.39 is 0 Å². The van der Waals surface area contributed by atoms with Crippen molar-refractivity contribution in [3.8, 4) is 17.3 Å². The molecule has 0 radical (unpaired) electrons. The molecule has 4 aromatic rings. The zero-order valence-electron chi connectivity index (χ0n) is 14.2. The Morgan fingerprint density at radius 1 is 1.23 bits per heavy atom. The van der Waals surface area contributed by atoms with Gasteiger partial charge >= 0.3 is 0 Å². The minimum atomic E-state index is 0.188. The van der Waals surface area contributed by atoms with Gasteiger partial charge in [0.1, 0.15) is 0 Å². The summed E-state index contributed by atoms with van der Waals surface area (Å²) in [6.07, 6.45) is 4.52. The predicted molar refractivity (Wildman–Crippen MR) is 92.9 cm³/mol. The SMILES string of the molecule is Cc1c(-c2nc(C3CCOC3)no2)nnn1-c1cccc2cnccc12. The van der Waals surface area contributed by atoms with E-state index in [2.05, 4.69) is 25.4 Å². The minimum absolute atomic E-state index is 0.188. The van der Waals surface area contributed by atoms with E-state index in [1.54, 1.807) is 10.9 Å². The molecule has 1 atom stereocenters. The first kappa shape index (κ1) is 15.2. The number of hydrogen-bond acceptors (Lipinski definition) is 7. The van der Waals surface area contributed by atoms with E-state index in [4.69, 9.17) is 9.26 Å². The maximum absolute atomic E-state index is 5.44. The first-order valence-electron chi connectivity index (χ1n) is 8.48. The molecule has 0 saturated carbocycles. The van der Waals surface area contributed by atoms with Gasteiger partial charge in [0.2, 0.25) is 0 Å². The highest BCUT2D eigenvalue weighted by Gasteiger charge is 2.25. The van der Waals surface area contributed by atoms with Gasteiger partial charge in [-0.2, -0.15) is 4.98 Å². The quantitative estimate of drug-likeness (QED) is 0.562. The van der Waals surface area contributed by atoms with Gasteiger partial charge in [-0.25, -0.2) is 4.68 Å². The highest BCUT2D eigenvalue weighted by molar-refractivity contribution is 5.89. The van der Waals surface area contributed by atoms with Gasteiger partial charge in [0, 0.05) is 35.7 Å². The lowest BCUT2D eigenvalue weighted by atomic mass is 10.1. The normalized spacial score (nSPS) is 17.2. The third kappa shape index (κ3) is 2.38. The number of fused-ring (bicyclic) bond motifs is 1. The first-order chi connectivity index (χ1) is 12.8. The summed E-state index contributed by atoms with van der Waals surface area (Å²) in [7, 11) is 0. The number of rotatable bonds is 3. The summed E-state index contributed by atoms with van der Waals surface area (Å²) in [5, 5.41) is 14.8. The monoisotopic (exact) mass is 348 g/mol. The van der Waals surface area contributed by atoms with Gasteiger partial charge in [0.25, 0.3) is 5.89 Å². The van der Waals surface area contributed by atoms with Crippen molar-refractivity contribution in [2.45, 2.75) is 19.3 Å². The Balaban J connectivity index is 1.56. The summed E-state index contributed by atoms with van der Waals surface area (Å²) in [4.78, 5) is 8.68. The Bertz CT molecular complexity index is 1070. The van der Waals surface area contributed by atoms with Crippen LogP contribution < -0.4 is 0 Å². The summed E-state index contributed by atoms with van der Waals surface area (Å²) in [5.74, 6) is 1.24. The van der Waals surface area contributed by atoms with Gasteiger partial charge in [-0.3, -0.25) is 4.98 Å². The fourth-order valence-electron chi connectivity index (χ4n) is 3.28. The van der Waals surface area contributed by atoms with Crippen molar-refractivity contribution in [3.05, 3.63) is 48.2 Å². The highest BCUT2D eigenvalue weighted by atomic mass is 16.5. The van der Waals surface area contributed by atoms with Crippen molar-refractivity contribution in [2.24, 2.45) is 0 Å². The van der Waals surface area contributed by atoms with Crippen LogP contribution in [0.1, 0.15) is 23.9 Å². The standard InChI is InChI=1S/C18H16N6O2/c1-11-16(18-20-17(22-26-18)13-6-8-25-10-13)21-23-24(11)15-4-2-3-12-9-19-7-5-14(12)15/h2-5,7,9,13H,6,8,10H2,1H3. The molecule has 130 valence electrons. The van der Waals surface area contributed by atoms with E-state index >= 15 is 0 Å². The molecule has 1 aliphatic heterocycles. The van der Waals surface area contributed by atoms with Crippen LogP contribution in [0.4, 0.5) is 0 Å². The average Bonchev–Trinajstić information content (AvgIpc) is 3.41. The largest absolute Gasteiger partial charge is 0.381 e. The Morgan fingerprint density at radius 2 is 2.19 bits per heavy atom. The summed E-state index contributed by atoms with van der Waals surface area (Å²) in [6.45, 7) is 3.31. The molecular weight excluding hydrogens is 332 g/mol. The van der Waals surface area contributed by atoms with Crippen molar-refractivity contribution in [2.75, 3.05) is 13.2 Å². The van der Waals surface area contributed by atoms with E-state index in [1.807, 2.05) is 37.4 Å². The zero-order valence-corrected chi connectivity index (χ0v) is 14.2. The van der Waals surface area contributed by atoms with Crippen molar-refractivity contribution in [3.63, 3.8) is 0 Å². The molecule has 26 heavy (non-hydrogen) atoms. The van der Waals surface area contributed by atoms with Crippen LogP contribution in [0.15, 0.2) is 41.2 Å². The molecule has 3 aromatic heterocycles. The smallest absolute Gasteiger partial charge is 0.280 e. The van der Waals surface area contributed by atoms with Crippen molar-refractivity contribution in [1.82, 2.24) is 30.1 Å². The fourth-order valence-corrected chi connectivity index (χ4v) is 3.28. The number of benzene rings is 1. The van der Waals surface area contributed by atoms with Crippen LogP contribution in [0.5, 0.6) is 0 Å². The molecule has 1 unspecified atom stereocenters. The molecule has 5 rings (SSSR count). The summed E-state index contributed by atoms with van der Waals surface area (Å²) >= 11 is 0. The van der Waals surface area contributed by atoms with Crippen LogP contribution in [0, 0.1) is 6.92 Å². The molecule has 8 heteroatoms. The molecule has 1 aromatic carbocycles. The van der Waals surface area contributed by atoms with Crippen LogP contribution in [0.2, 0.25) is 0 Å². The maximum Gasteiger partial charge on any atom is 0.280 e. The molecule has 0 spiro atoms. The number of hydrogen-bond donors (Lipinski definition) is 0. The summed E-state index contributed by atoms with van der Waals surface area (Å²) < 4.78 is 12.6. The van der Waals surface area contributed by atoms with Gasteiger partial charge in [-0.15, -0.1) is 5.10 Å². The Morgan fingerprint density at radius 3 is 3.08 bits per heavy atom. The zero-order chi connectivity index (χ0) is 17.5. The molecule has 1 saturated heterocycles. The fraction of sp³-hybridized carbons (Fsp3) is 0.278. The van der Waals surface area contributed by atoms with E-state index in [0.29, 0.717) is 24.0 Å². The Labute approximate surface area is 148 Å². The van der Waals surface area contributed by atoms with E-state index in [9.17, 15) is 0 Å². The molecule has 4 heterocycles. The van der Waals surface area contributed by atoms with Crippen molar-refractivity contribution in [1.29, 1.82) is 0 Å². The Kier molecular flexibility index (Phi) is 3.49. The van der Waals surface area contributed by atoms with Crippen molar-refractivity contribution >= 4 is 10.8 Å². The second-order valence-electron chi connectivity index (χ2n) is 6.33. The van der Waals surface area contributed by atoms with Crippen LogP contribution in [0.25, 0.3) is 28.0 Å². The summed E-state index contributed by atoms with van der Waals surface area (Å²) in [5.41, 5.74) is 2.37. The maximum atomic E-state index is 5.44. The lowest BCUT2D eigenvalue weighted by molar-refractivity contribution is 0.192. The Hall–Kier alpha value is -3.13. The average molecular weight is 348 g/mol. The van der Waals surface area contributed by atoms with Gasteiger partial charge in [-0.05, 0) is 25.5 Å². The van der Waals surface area contributed by atoms with Crippen LogP contribution >= 0.6 is 0 Å². The highest BCUT2D eigenvalue weighted by Crippen LogP contribution is 2.28. The lowest BCUT2D eigenvalue weighted by Crippen LogP contribution is -2.00. The topological polar surface area (TPSA) is 91.8 Å². The predicted octanol–water partition coefficient (Wildman–Crippen LogP) is 2.68. The molecule has 0 bridgehead atoms. The van der Waals surface area contributed by atoms with E-state index in [1.165, 1.54) is 0 Å². The van der Waals surface area contributed by atoms with Crippen LogP contribution in [0.3, 0.4) is 0 Å².